The standard InChI is InChI=1S/C46H43N9O12S3/c1-8-35(68(58,59)60)24-43(69(61,62)63)29(6)48-51-38-17-26(3)39(18-25(38)2)52-49-33-12-16-37(42(56)23-33)50-53-40-19-28(5)41(20-27(40)4)54-55-45-44(70(64,65)66)22-30-21-32(11-15-36(30)46(45)57)47-31-9-13-34(67-7)14-10-31/h8-24,47,56-57H,6H2,1-5,7H3,(H,58,59,60)(H,61,62,63)(H,64,65,66)/b35-8+,43-24+,51-48?,52-49?,53-50?,55-54?. The van der Waals surface area contributed by atoms with Crippen molar-refractivity contribution in [1.29, 1.82) is 0 Å². The van der Waals surface area contributed by atoms with Gasteiger partial charge in [-0.05, 0) is 153 Å². The lowest BCUT2D eigenvalue weighted by Gasteiger charge is -2.12. The average molecular weight is 1010 g/mol. The number of phenols is 2. The highest BCUT2D eigenvalue weighted by atomic mass is 32.2. The second kappa shape index (κ2) is 20.8. The quantitative estimate of drug-likeness (QED) is 0.0299. The maximum Gasteiger partial charge on any atom is 0.296 e. The third-order valence-electron chi connectivity index (χ3n) is 10.2. The van der Waals surface area contributed by atoms with Crippen LogP contribution in [0.25, 0.3) is 10.8 Å². The molecule has 0 aliphatic carbocycles. The number of methoxy groups -OCH3 is 1. The molecule has 6 rings (SSSR count). The topological polar surface area (TPSA) is 324 Å². The van der Waals surface area contributed by atoms with E-state index in [-0.39, 0.29) is 28.2 Å². The van der Waals surface area contributed by atoms with Crippen LogP contribution in [0.5, 0.6) is 17.2 Å². The van der Waals surface area contributed by atoms with Gasteiger partial charge in [0.1, 0.15) is 32.7 Å². The Kier molecular flexibility index (Phi) is 15.3. The minimum atomic E-state index is -5.04. The largest absolute Gasteiger partial charge is 0.506 e. The Balaban J connectivity index is 1.17. The van der Waals surface area contributed by atoms with Gasteiger partial charge < -0.3 is 20.3 Å². The molecule has 362 valence electrons. The number of ether oxygens (including phenoxy) is 1. The Morgan fingerprint density at radius 1 is 0.614 bits per heavy atom. The first-order chi connectivity index (χ1) is 32.9. The van der Waals surface area contributed by atoms with Gasteiger partial charge in [0.15, 0.2) is 5.75 Å². The molecule has 0 aliphatic rings. The number of fused-ring (bicyclic) bond motifs is 1. The lowest BCUT2D eigenvalue weighted by atomic mass is 10.1. The number of azo groups is 4. The number of hydrogen-bond acceptors (Lipinski definition) is 18. The van der Waals surface area contributed by atoms with Crippen LogP contribution >= 0.6 is 0 Å². The zero-order chi connectivity index (χ0) is 51.3. The highest BCUT2D eigenvalue weighted by Crippen LogP contribution is 2.43. The molecule has 21 nitrogen and oxygen atoms in total. The zero-order valence-corrected chi connectivity index (χ0v) is 40.4. The van der Waals surface area contributed by atoms with Crippen LogP contribution in [-0.4, -0.2) is 56.2 Å². The summed E-state index contributed by atoms with van der Waals surface area (Å²) in [6.07, 6.45) is 1.40. The second-order valence-electron chi connectivity index (χ2n) is 15.3. The number of hydrogen-bond donors (Lipinski definition) is 6. The average Bonchev–Trinajstić information content (AvgIpc) is 3.28. The van der Waals surface area contributed by atoms with E-state index in [1.54, 1.807) is 108 Å². The fourth-order valence-electron chi connectivity index (χ4n) is 6.45. The number of rotatable bonds is 16. The van der Waals surface area contributed by atoms with E-state index in [4.69, 9.17) is 4.74 Å². The number of aromatic hydroxyl groups is 2. The Hall–Kier alpha value is -7.87. The van der Waals surface area contributed by atoms with Gasteiger partial charge in [-0.1, -0.05) is 12.7 Å². The summed E-state index contributed by atoms with van der Waals surface area (Å²) < 4.78 is 107. The summed E-state index contributed by atoms with van der Waals surface area (Å²) in [7, 11) is -13.2. The summed E-state index contributed by atoms with van der Waals surface area (Å²) in [5.41, 5.74) is 4.10. The number of aryl methyl sites for hydroxylation is 4. The van der Waals surface area contributed by atoms with Gasteiger partial charge in [-0.15, -0.1) is 15.3 Å². The van der Waals surface area contributed by atoms with E-state index in [9.17, 15) is 49.1 Å². The van der Waals surface area contributed by atoms with E-state index in [2.05, 4.69) is 52.8 Å². The Bertz CT molecular complexity index is 3630. The van der Waals surface area contributed by atoms with Gasteiger partial charge in [0.05, 0.1) is 46.1 Å². The van der Waals surface area contributed by atoms with Crippen molar-refractivity contribution in [2.75, 3.05) is 12.4 Å². The molecule has 0 atom stereocenters. The van der Waals surface area contributed by atoms with Crippen LogP contribution in [-0.2, 0) is 30.4 Å². The lowest BCUT2D eigenvalue weighted by molar-refractivity contribution is 0.415. The molecule has 0 heterocycles. The summed E-state index contributed by atoms with van der Waals surface area (Å²) >= 11 is 0. The van der Waals surface area contributed by atoms with Crippen molar-refractivity contribution in [2.24, 2.45) is 40.9 Å². The minimum Gasteiger partial charge on any atom is -0.506 e. The maximum absolute atomic E-state index is 12.6. The molecule has 0 saturated heterocycles. The summed E-state index contributed by atoms with van der Waals surface area (Å²) in [6, 6.07) is 23.9. The van der Waals surface area contributed by atoms with Gasteiger partial charge in [-0.25, -0.2) is 0 Å². The summed E-state index contributed by atoms with van der Waals surface area (Å²) in [5.74, 6) is -0.116. The van der Waals surface area contributed by atoms with E-state index >= 15 is 0 Å². The molecule has 0 saturated carbocycles. The first kappa shape index (κ1) is 51.5. The maximum atomic E-state index is 12.6. The van der Waals surface area contributed by atoms with Crippen molar-refractivity contribution < 1.29 is 53.9 Å². The van der Waals surface area contributed by atoms with E-state index in [0.717, 1.165) is 11.8 Å². The molecule has 0 unspecified atom stereocenters. The molecule has 0 amide bonds. The first-order valence-corrected chi connectivity index (χ1v) is 24.6. The molecule has 0 aromatic heterocycles. The van der Waals surface area contributed by atoms with Crippen LogP contribution in [0.4, 0.5) is 51.2 Å². The van der Waals surface area contributed by atoms with Gasteiger partial charge in [0.2, 0.25) is 0 Å². The number of nitrogens with zero attached hydrogens (tertiary/aromatic N) is 8. The molecule has 6 aromatic carbocycles. The molecule has 24 heteroatoms. The van der Waals surface area contributed by atoms with Crippen LogP contribution in [0.15, 0.2) is 171 Å². The Morgan fingerprint density at radius 2 is 1.14 bits per heavy atom. The predicted molar refractivity (Wildman–Crippen MR) is 263 cm³/mol. The summed E-state index contributed by atoms with van der Waals surface area (Å²) in [4.78, 5) is -2.48. The van der Waals surface area contributed by atoms with Gasteiger partial charge >= 0.3 is 0 Å². The molecule has 0 aliphatic heterocycles. The monoisotopic (exact) mass is 1010 g/mol. The number of anilines is 2. The van der Waals surface area contributed by atoms with Crippen LogP contribution in [0.3, 0.4) is 0 Å². The first-order valence-electron chi connectivity index (χ1n) is 20.3. The van der Waals surface area contributed by atoms with E-state index in [1.165, 1.54) is 25.1 Å². The number of nitrogens with one attached hydrogen (secondary N) is 1. The Morgan fingerprint density at radius 3 is 1.66 bits per heavy atom. The fraction of sp³-hybridized carbons (Fsp3) is 0.130. The number of allylic oxidation sites excluding steroid dienone is 2. The Labute approximate surface area is 402 Å². The molecule has 6 N–H and O–H groups in total. The SMILES string of the molecule is C=C(N=Nc1cc(C)c(N=Nc2ccc(N=Nc3cc(C)c(N=Nc4c(S(=O)(=O)O)cc5cc(Nc6ccc(OC)cc6)ccc5c4O)cc3C)c(O)c2)cc1C)/C(=C\C(=C/C)S(=O)(=O)O)S(=O)(=O)O. The second-order valence-corrected chi connectivity index (χ2v) is 19.5. The highest BCUT2D eigenvalue weighted by molar-refractivity contribution is 7.91. The highest BCUT2D eigenvalue weighted by Gasteiger charge is 2.24. The molecule has 0 fully saturated rings. The minimum absolute atomic E-state index is 0.100. The van der Waals surface area contributed by atoms with Gasteiger partial charge in [-0.2, -0.15) is 50.8 Å². The molecule has 6 aromatic rings. The van der Waals surface area contributed by atoms with Crippen LogP contribution in [0, 0.1) is 27.7 Å². The van der Waals surface area contributed by atoms with Crippen molar-refractivity contribution in [3.8, 4) is 17.2 Å². The smallest absolute Gasteiger partial charge is 0.296 e. The summed E-state index contributed by atoms with van der Waals surface area (Å²) in [6.45, 7) is 11.4. The molecule has 0 radical (unpaired) electrons. The summed E-state index contributed by atoms with van der Waals surface area (Å²) in [5, 5.41) is 58.8. The molecular formula is C46H43N9O12S3. The van der Waals surface area contributed by atoms with Gasteiger partial charge in [-0.3, -0.25) is 13.7 Å². The van der Waals surface area contributed by atoms with E-state index < -0.39 is 62.2 Å². The van der Waals surface area contributed by atoms with Crippen molar-refractivity contribution in [3.05, 3.63) is 147 Å². The van der Waals surface area contributed by atoms with Crippen molar-refractivity contribution >= 4 is 92.3 Å². The number of phenolic OH excluding ortho intramolecular Hbond substituents is 2. The molecule has 0 bridgehead atoms. The third kappa shape index (κ3) is 12.4. The van der Waals surface area contributed by atoms with Crippen LogP contribution < -0.4 is 10.1 Å². The predicted octanol–water partition coefficient (Wildman–Crippen LogP) is 12.9. The zero-order valence-electron chi connectivity index (χ0n) is 37.9. The lowest BCUT2D eigenvalue weighted by Crippen LogP contribution is -2.07. The fourth-order valence-corrected chi connectivity index (χ4v) is 8.37. The van der Waals surface area contributed by atoms with Crippen molar-refractivity contribution in [3.63, 3.8) is 0 Å². The van der Waals surface area contributed by atoms with Crippen molar-refractivity contribution in [1.82, 2.24) is 0 Å². The van der Waals surface area contributed by atoms with Crippen LogP contribution in [0.1, 0.15) is 29.2 Å². The molecule has 70 heavy (non-hydrogen) atoms. The van der Waals surface area contributed by atoms with Gasteiger partial charge in [0, 0.05) is 22.8 Å². The number of benzene rings is 6. The van der Waals surface area contributed by atoms with E-state index in [0.29, 0.717) is 62.2 Å². The third-order valence-corrected chi connectivity index (χ3v) is 12.9. The van der Waals surface area contributed by atoms with Gasteiger partial charge in [0.25, 0.3) is 30.4 Å². The van der Waals surface area contributed by atoms with Crippen LogP contribution in [0.2, 0.25) is 0 Å². The van der Waals surface area contributed by atoms with E-state index in [1.807, 2.05) is 0 Å². The normalized spacial score (nSPS) is 13.1. The molecular weight excluding hydrogens is 967 g/mol. The molecule has 0 spiro atoms. The van der Waals surface area contributed by atoms with Crippen molar-refractivity contribution in [2.45, 2.75) is 39.5 Å².